The molecule has 1 aliphatic rings. The van der Waals surface area contributed by atoms with Crippen LogP contribution in [0.4, 0.5) is 0 Å². The summed E-state index contributed by atoms with van der Waals surface area (Å²) in [6, 6.07) is 16.1. The highest BCUT2D eigenvalue weighted by atomic mass is 16.5. The van der Waals surface area contributed by atoms with Gasteiger partial charge in [0, 0.05) is 49.8 Å². The van der Waals surface area contributed by atoms with E-state index in [1.54, 1.807) is 13.3 Å². The number of ether oxygens (including phenoxy) is 1. The van der Waals surface area contributed by atoms with Gasteiger partial charge in [0.2, 0.25) is 0 Å². The lowest BCUT2D eigenvalue weighted by Crippen LogP contribution is -2.48. The van der Waals surface area contributed by atoms with Gasteiger partial charge < -0.3 is 14.6 Å². The van der Waals surface area contributed by atoms with E-state index in [0.717, 1.165) is 49.4 Å². The topological polar surface area (TPSA) is 48.6 Å². The van der Waals surface area contributed by atoms with Crippen molar-refractivity contribution in [3.8, 4) is 5.75 Å². The van der Waals surface area contributed by atoms with Gasteiger partial charge in [0.05, 0.1) is 12.7 Å². The normalized spacial score (nSPS) is 15.4. The number of amides is 1. The molecule has 3 aromatic rings. The summed E-state index contributed by atoms with van der Waals surface area (Å²) in [5.41, 5.74) is 2.88. The van der Waals surface area contributed by atoms with Gasteiger partial charge in [0.1, 0.15) is 5.75 Å². The Bertz CT molecular complexity index is 970. The van der Waals surface area contributed by atoms with Crippen molar-refractivity contribution in [2.24, 2.45) is 0 Å². The Labute approximate surface area is 165 Å². The molecule has 0 spiro atoms. The molecule has 0 bridgehead atoms. The monoisotopic (exact) mass is 375 g/mol. The highest BCUT2D eigenvalue weighted by Gasteiger charge is 2.23. The Hall–Kier alpha value is -3.05. The zero-order valence-electron chi connectivity index (χ0n) is 16.1. The van der Waals surface area contributed by atoms with E-state index in [1.165, 1.54) is 5.56 Å². The van der Waals surface area contributed by atoms with Crippen molar-refractivity contribution in [3.05, 3.63) is 71.9 Å². The van der Waals surface area contributed by atoms with Gasteiger partial charge in [-0.15, -0.1) is 0 Å². The molecule has 0 saturated carbocycles. The molecule has 1 aliphatic heterocycles. The van der Waals surface area contributed by atoms with Gasteiger partial charge >= 0.3 is 0 Å². The van der Waals surface area contributed by atoms with Gasteiger partial charge in [-0.25, -0.2) is 0 Å². The van der Waals surface area contributed by atoms with Crippen LogP contribution in [0, 0.1) is 0 Å². The van der Waals surface area contributed by atoms with Gasteiger partial charge in [0.15, 0.2) is 0 Å². The van der Waals surface area contributed by atoms with Crippen LogP contribution < -0.4 is 4.74 Å². The number of hydrogen-bond acceptors (Lipinski definition) is 3. The zero-order chi connectivity index (χ0) is 19.3. The Morgan fingerprint density at radius 3 is 2.64 bits per heavy atom. The summed E-state index contributed by atoms with van der Waals surface area (Å²) in [4.78, 5) is 20.5. The second-order valence-corrected chi connectivity index (χ2v) is 7.02. The van der Waals surface area contributed by atoms with Crippen LogP contribution in [0.5, 0.6) is 5.75 Å². The summed E-state index contributed by atoms with van der Waals surface area (Å²) >= 11 is 0. The average molecular weight is 375 g/mol. The van der Waals surface area contributed by atoms with Gasteiger partial charge in [0.25, 0.3) is 5.91 Å². The Morgan fingerprint density at radius 1 is 1.11 bits per heavy atom. The molecule has 2 aromatic carbocycles. The Morgan fingerprint density at radius 2 is 1.89 bits per heavy atom. The number of nitrogens with one attached hydrogen (secondary N) is 1. The lowest BCUT2D eigenvalue weighted by molar-refractivity contribution is 0.0652. The maximum Gasteiger partial charge on any atom is 0.256 e. The number of benzene rings is 2. The first-order valence-corrected chi connectivity index (χ1v) is 9.63. The van der Waals surface area contributed by atoms with E-state index in [2.05, 4.69) is 34.2 Å². The number of fused-ring (bicyclic) bond motifs is 1. The van der Waals surface area contributed by atoms with Gasteiger partial charge in [-0.05, 0) is 23.8 Å². The molecule has 2 heterocycles. The molecule has 0 aliphatic carbocycles. The second kappa shape index (κ2) is 8.31. The Kier molecular flexibility index (Phi) is 5.44. The van der Waals surface area contributed by atoms with Crippen LogP contribution in [0.15, 0.2) is 60.8 Å². The van der Waals surface area contributed by atoms with Crippen molar-refractivity contribution >= 4 is 22.9 Å². The number of piperazine rings is 1. The second-order valence-electron chi connectivity index (χ2n) is 7.02. The minimum Gasteiger partial charge on any atom is -0.497 e. The molecular formula is C23H25N3O2. The molecule has 28 heavy (non-hydrogen) atoms. The minimum atomic E-state index is 0.0824. The number of H-pyrrole nitrogens is 1. The number of methoxy groups -OCH3 is 1. The molecule has 0 unspecified atom stereocenters. The fourth-order valence-corrected chi connectivity index (χ4v) is 3.61. The van der Waals surface area contributed by atoms with Crippen molar-refractivity contribution in [2.75, 3.05) is 39.8 Å². The number of rotatable bonds is 5. The van der Waals surface area contributed by atoms with E-state index >= 15 is 0 Å². The number of aromatic nitrogens is 1. The lowest BCUT2D eigenvalue weighted by atomic mass is 10.1. The van der Waals surface area contributed by atoms with E-state index in [1.807, 2.05) is 41.3 Å². The number of carbonyl (C=O) groups is 1. The molecule has 1 amide bonds. The first kappa shape index (κ1) is 18.3. The molecule has 144 valence electrons. The van der Waals surface area contributed by atoms with E-state index in [-0.39, 0.29) is 5.91 Å². The molecule has 1 fully saturated rings. The number of nitrogens with zero attached hydrogens (tertiary/aromatic N) is 2. The van der Waals surface area contributed by atoms with Crippen LogP contribution in [0.1, 0.15) is 15.9 Å². The predicted molar refractivity (Wildman–Crippen MR) is 113 cm³/mol. The molecule has 0 radical (unpaired) electrons. The van der Waals surface area contributed by atoms with Crippen LogP contribution in [0.3, 0.4) is 0 Å². The smallest absolute Gasteiger partial charge is 0.256 e. The highest BCUT2D eigenvalue weighted by molar-refractivity contribution is 6.07. The fraction of sp³-hybridized carbons (Fsp3) is 0.261. The highest BCUT2D eigenvalue weighted by Crippen LogP contribution is 2.25. The molecule has 5 heteroatoms. The molecule has 4 rings (SSSR count). The van der Waals surface area contributed by atoms with Crippen molar-refractivity contribution in [3.63, 3.8) is 0 Å². The summed E-state index contributed by atoms with van der Waals surface area (Å²) in [6.45, 7) is 4.16. The van der Waals surface area contributed by atoms with Gasteiger partial charge in [-0.2, -0.15) is 0 Å². The molecule has 1 saturated heterocycles. The molecule has 0 atom stereocenters. The molecular weight excluding hydrogens is 350 g/mol. The molecule has 5 nitrogen and oxygen atoms in total. The van der Waals surface area contributed by atoms with E-state index < -0.39 is 0 Å². The summed E-state index contributed by atoms with van der Waals surface area (Å²) in [5.74, 6) is 0.843. The molecule has 1 N–H and O–H groups in total. The van der Waals surface area contributed by atoms with Crippen molar-refractivity contribution in [1.82, 2.24) is 14.8 Å². The lowest BCUT2D eigenvalue weighted by Gasteiger charge is -2.34. The van der Waals surface area contributed by atoms with Crippen LogP contribution in [0.2, 0.25) is 0 Å². The summed E-state index contributed by atoms with van der Waals surface area (Å²) in [5, 5.41) is 0.914. The number of hydrogen-bond donors (Lipinski definition) is 1. The SMILES string of the molecule is COc1ccc2[nH]cc(C(=O)N3CCN(C/C=C/c4ccccc4)CC3)c2c1. The van der Waals surface area contributed by atoms with Gasteiger partial charge in [-0.3, -0.25) is 9.69 Å². The number of aromatic amines is 1. The summed E-state index contributed by atoms with van der Waals surface area (Å²) < 4.78 is 5.30. The maximum atomic E-state index is 13.0. The number of carbonyl (C=O) groups excluding carboxylic acids is 1. The zero-order valence-corrected chi connectivity index (χ0v) is 16.1. The first-order chi connectivity index (χ1) is 13.7. The third-order valence-corrected chi connectivity index (χ3v) is 5.25. The maximum absolute atomic E-state index is 13.0. The summed E-state index contributed by atoms with van der Waals surface area (Å²) in [6.07, 6.45) is 6.15. The predicted octanol–water partition coefficient (Wildman–Crippen LogP) is 3.65. The minimum absolute atomic E-state index is 0.0824. The summed E-state index contributed by atoms with van der Waals surface area (Å²) in [7, 11) is 1.64. The largest absolute Gasteiger partial charge is 0.497 e. The van der Waals surface area contributed by atoms with Gasteiger partial charge in [-0.1, -0.05) is 42.5 Å². The van der Waals surface area contributed by atoms with Crippen LogP contribution >= 0.6 is 0 Å². The first-order valence-electron chi connectivity index (χ1n) is 9.63. The third kappa shape index (κ3) is 3.94. The van der Waals surface area contributed by atoms with Crippen LogP contribution in [0.25, 0.3) is 17.0 Å². The standard InChI is InChI=1S/C23H25N3O2/c1-28-19-9-10-22-20(16-19)21(17-24-22)23(27)26-14-12-25(13-15-26)11-5-8-18-6-3-2-4-7-18/h2-10,16-17,24H,11-15H2,1H3/b8-5+. The third-order valence-electron chi connectivity index (χ3n) is 5.25. The Balaban J connectivity index is 1.36. The van der Waals surface area contributed by atoms with E-state index in [0.29, 0.717) is 5.56 Å². The van der Waals surface area contributed by atoms with Crippen LogP contribution in [-0.2, 0) is 0 Å². The fourth-order valence-electron chi connectivity index (χ4n) is 3.61. The quantitative estimate of drug-likeness (QED) is 0.741. The van der Waals surface area contributed by atoms with E-state index in [9.17, 15) is 4.79 Å². The van der Waals surface area contributed by atoms with Crippen molar-refractivity contribution < 1.29 is 9.53 Å². The van der Waals surface area contributed by atoms with E-state index in [4.69, 9.17) is 4.74 Å². The molecule has 1 aromatic heterocycles. The van der Waals surface area contributed by atoms with Crippen molar-refractivity contribution in [1.29, 1.82) is 0 Å². The van der Waals surface area contributed by atoms with Crippen molar-refractivity contribution in [2.45, 2.75) is 0 Å². The average Bonchev–Trinajstić information content (AvgIpc) is 3.17. The van der Waals surface area contributed by atoms with Crippen LogP contribution in [-0.4, -0.2) is 60.5 Å².